The van der Waals surface area contributed by atoms with E-state index in [2.05, 4.69) is 9.97 Å². The summed E-state index contributed by atoms with van der Waals surface area (Å²) >= 11 is 0. The second-order valence-corrected chi connectivity index (χ2v) is 2.77. The summed E-state index contributed by atoms with van der Waals surface area (Å²) in [7, 11) is 0. The van der Waals surface area contributed by atoms with Crippen LogP contribution in [-0.2, 0) is 4.79 Å². The zero-order chi connectivity index (χ0) is 9.84. The van der Waals surface area contributed by atoms with Gasteiger partial charge in [0.2, 0.25) is 0 Å². The van der Waals surface area contributed by atoms with E-state index >= 15 is 0 Å². The van der Waals surface area contributed by atoms with Gasteiger partial charge in [0, 0.05) is 24.0 Å². The van der Waals surface area contributed by atoms with E-state index in [9.17, 15) is 4.79 Å². The highest BCUT2D eigenvalue weighted by molar-refractivity contribution is 5.67. The second kappa shape index (κ2) is 3.95. The Kier molecular flexibility index (Phi) is 2.92. The van der Waals surface area contributed by atoms with Gasteiger partial charge in [0.05, 0.1) is 6.42 Å². The van der Waals surface area contributed by atoms with Crippen LogP contribution in [0.25, 0.3) is 0 Å². The summed E-state index contributed by atoms with van der Waals surface area (Å²) in [4.78, 5) is 18.2. The first-order valence-corrected chi connectivity index (χ1v) is 3.85. The molecule has 1 aromatic heterocycles. The molecule has 1 atom stereocenters. The summed E-state index contributed by atoms with van der Waals surface area (Å²) in [5.41, 5.74) is 6.23. The molecule has 1 rings (SSSR count). The molecule has 0 aliphatic carbocycles. The summed E-state index contributed by atoms with van der Waals surface area (Å²) in [6.07, 6.45) is 3.00. The molecule has 0 spiro atoms. The number of aliphatic carboxylic acids is 1. The third kappa shape index (κ3) is 2.79. The number of rotatable bonds is 3. The van der Waals surface area contributed by atoms with Gasteiger partial charge in [-0.25, -0.2) is 9.97 Å². The molecule has 0 saturated carbocycles. The molecule has 0 amide bonds. The molecule has 5 heteroatoms. The first kappa shape index (κ1) is 9.60. The number of nitrogens with zero attached hydrogens (tertiary/aromatic N) is 2. The number of nitrogens with two attached hydrogens (primary N) is 1. The van der Waals surface area contributed by atoms with Crippen molar-refractivity contribution in [1.82, 2.24) is 9.97 Å². The maximum Gasteiger partial charge on any atom is 0.305 e. The fourth-order valence-electron chi connectivity index (χ4n) is 0.900. The lowest BCUT2D eigenvalue weighted by Gasteiger charge is -2.07. The van der Waals surface area contributed by atoms with Gasteiger partial charge in [0.15, 0.2) is 0 Å². The Balaban J connectivity index is 2.71. The maximum absolute atomic E-state index is 10.3. The lowest BCUT2D eigenvalue weighted by molar-refractivity contribution is -0.137. The predicted octanol–water partition coefficient (Wildman–Crippen LogP) is 0.260. The van der Waals surface area contributed by atoms with E-state index in [-0.39, 0.29) is 6.42 Å². The number of carboxylic acids is 1. The number of aromatic nitrogens is 2. The highest BCUT2D eigenvalue weighted by Gasteiger charge is 2.10. The molecule has 0 radical (unpaired) electrons. The number of hydrogen-bond donors (Lipinski definition) is 2. The van der Waals surface area contributed by atoms with E-state index in [4.69, 9.17) is 10.8 Å². The van der Waals surface area contributed by atoms with Crippen molar-refractivity contribution in [3.8, 4) is 0 Å². The van der Waals surface area contributed by atoms with Gasteiger partial charge in [0.1, 0.15) is 5.82 Å². The van der Waals surface area contributed by atoms with Gasteiger partial charge in [-0.2, -0.15) is 0 Å². The van der Waals surface area contributed by atoms with Crippen LogP contribution in [0, 0.1) is 6.92 Å². The Labute approximate surface area is 75.6 Å². The molecular weight excluding hydrogens is 170 g/mol. The van der Waals surface area contributed by atoms with E-state index in [0.717, 1.165) is 0 Å². The number of carboxylic acid groups (broad SMARTS) is 1. The molecule has 13 heavy (non-hydrogen) atoms. The summed E-state index contributed by atoms with van der Waals surface area (Å²) < 4.78 is 0. The predicted molar refractivity (Wildman–Crippen MR) is 46.0 cm³/mol. The van der Waals surface area contributed by atoms with Crippen molar-refractivity contribution in [2.45, 2.75) is 19.4 Å². The Hall–Kier alpha value is -1.49. The van der Waals surface area contributed by atoms with Gasteiger partial charge in [-0.05, 0) is 6.92 Å². The quantitative estimate of drug-likeness (QED) is 0.698. The lowest BCUT2D eigenvalue weighted by Crippen LogP contribution is -2.15. The van der Waals surface area contributed by atoms with E-state index in [1.54, 1.807) is 19.3 Å². The molecule has 0 bridgehead atoms. The molecule has 0 aliphatic heterocycles. The fourth-order valence-corrected chi connectivity index (χ4v) is 0.900. The summed E-state index contributed by atoms with van der Waals surface area (Å²) in [5.74, 6) is -0.278. The minimum atomic E-state index is -0.923. The molecular formula is C8H11N3O2. The third-order valence-electron chi connectivity index (χ3n) is 1.62. The highest BCUT2D eigenvalue weighted by Crippen LogP contribution is 2.10. The van der Waals surface area contributed by atoms with Gasteiger partial charge in [-0.15, -0.1) is 0 Å². The van der Waals surface area contributed by atoms with Gasteiger partial charge in [0.25, 0.3) is 0 Å². The van der Waals surface area contributed by atoms with Crippen LogP contribution < -0.4 is 5.73 Å². The normalized spacial score (nSPS) is 12.5. The van der Waals surface area contributed by atoms with E-state index in [1.165, 1.54) is 0 Å². The van der Waals surface area contributed by atoms with Crippen LogP contribution in [0.1, 0.15) is 23.9 Å². The number of carbonyl (C=O) groups is 1. The minimum Gasteiger partial charge on any atom is -0.481 e. The summed E-state index contributed by atoms with van der Waals surface area (Å²) in [6.45, 7) is 1.76. The van der Waals surface area contributed by atoms with Gasteiger partial charge < -0.3 is 10.8 Å². The molecule has 0 aromatic carbocycles. The first-order chi connectivity index (χ1) is 6.09. The number of hydrogen-bond acceptors (Lipinski definition) is 4. The van der Waals surface area contributed by atoms with Crippen molar-refractivity contribution in [2.24, 2.45) is 5.73 Å². The molecule has 70 valence electrons. The van der Waals surface area contributed by atoms with Crippen molar-refractivity contribution in [3.05, 3.63) is 23.8 Å². The molecule has 0 unspecified atom stereocenters. The third-order valence-corrected chi connectivity index (χ3v) is 1.62. The summed E-state index contributed by atoms with van der Waals surface area (Å²) in [5, 5.41) is 8.48. The monoisotopic (exact) mass is 181 g/mol. The molecule has 1 heterocycles. The number of aryl methyl sites for hydroxylation is 1. The average molecular weight is 181 g/mol. The lowest BCUT2D eigenvalue weighted by atomic mass is 10.1. The summed E-state index contributed by atoms with van der Waals surface area (Å²) in [6, 6.07) is -0.530. The van der Waals surface area contributed by atoms with Crippen molar-refractivity contribution in [1.29, 1.82) is 0 Å². The van der Waals surface area contributed by atoms with Crippen LogP contribution >= 0.6 is 0 Å². The SMILES string of the molecule is Cc1ncc([C@@H](N)CC(=O)O)cn1. The van der Waals surface area contributed by atoms with Gasteiger partial charge in [-0.1, -0.05) is 0 Å². The highest BCUT2D eigenvalue weighted by atomic mass is 16.4. The largest absolute Gasteiger partial charge is 0.481 e. The maximum atomic E-state index is 10.3. The zero-order valence-electron chi connectivity index (χ0n) is 7.27. The van der Waals surface area contributed by atoms with Gasteiger partial charge in [-0.3, -0.25) is 4.79 Å². The Bertz CT molecular complexity index is 297. The van der Waals surface area contributed by atoms with Crippen LogP contribution in [-0.4, -0.2) is 21.0 Å². The van der Waals surface area contributed by atoms with Crippen molar-refractivity contribution < 1.29 is 9.90 Å². The average Bonchev–Trinajstić information content (AvgIpc) is 2.04. The van der Waals surface area contributed by atoms with Crippen LogP contribution in [0.5, 0.6) is 0 Å². The minimum absolute atomic E-state index is 0.105. The van der Waals surface area contributed by atoms with Gasteiger partial charge >= 0.3 is 5.97 Å². The van der Waals surface area contributed by atoms with Crippen LogP contribution in [0.15, 0.2) is 12.4 Å². The van der Waals surface area contributed by atoms with Crippen LogP contribution in [0.2, 0.25) is 0 Å². The van der Waals surface area contributed by atoms with E-state index in [1.807, 2.05) is 0 Å². The fraction of sp³-hybridized carbons (Fsp3) is 0.375. The van der Waals surface area contributed by atoms with Crippen molar-refractivity contribution in [3.63, 3.8) is 0 Å². The first-order valence-electron chi connectivity index (χ1n) is 3.85. The van der Waals surface area contributed by atoms with Crippen LogP contribution in [0.3, 0.4) is 0 Å². The van der Waals surface area contributed by atoms with E-state index in [0.29, 0.717) is 11.4 Å². The smallest absolute Gasteiger partial charge is 0.305 e. The molecule has 0 aliphatic rings. The second-order valence-electron chi connectivity index (χ2n) is 2.77. The zero-order valence-corrected chi connectivity index (χ0v) is 7.27. The Morgan fingerprint density at radius 2 is 2.15 bits per heavy atom. The molecule has 5 nitrogen and oxygen atoms in total. The van der Waals surface area contributed by atoms with Crippen molar-refractivity contribution in [2.75, 3.05) is 0 Å². The molecule has 1 aromatic rings. The molecule has 0 saturated heterocycles. The molecule has 3 N–H and O–H groups in total. The van der Waals surface area contributed by atoms with Crippen LogP contribution in [0.4, 0.5) is 0 Å². The Morgan fingerprint density at radius 3 is 2.62 bits per heavy atom. The van der Waals surface area contributed by atoms with E-state index < -0.39 is 12.0 Å². The standard InChI is InChI=1S/C8H11N3O2/c1-5-10-3-6(4-11-5)7(9)2-8(12)13/h3-4,7H,2,9H2,1H3,(H,12,13)/t7-/m0/s1. The van der Waals surface area contributed by atoms with Crippen molar-refractivity contribution >= 4 is 5.97 Å². The Morgan fingerprint density at radius 1 is 1.62 bits per heavy atom. The topological polar surface area (TPSA) is 89.1 Å². The molecule has 0 fully saturated rings.